The number of rotatable bonds is 6. The van der Waals surface area contributed by atoms with Gasteiger partial charge in [-0.3, -0.25) is 14.5 Å². The summed E-state index contributed by atoms with van der Waals surface area (Å²) >= 11 is 0. The van der Waals surface area contributed by atoms with Gasteiger partial charge in [-0.1, -0.05) is 0 Å². The van der Waals surface area contributed by atoms with Gasteiger partial charge in [-0.15, -0.1) is 0 Å². The first-order valence-corrected chi connectivity index (χ1v) is 11.9. The van der Waals surface area contributed by atoms with Gasteiger partial charge in [0.2, 0.25) is 0 Å². The van der Waals surface area contributed by atoms with Crippen molar-refractivity contribution in [3.8, 4) is 5.75 Å². The van der Waals surface area contributed by atoms with Crippen molar-refractivity contribution in [2.45, 2.75) is 38.8 Å². The third kappa shape index (κ3) is 4.23. The van der Waals surface area contributed by atoms with Crippen molar-refractivity contribution in [1.29, 1.82) is 0 Å². The summed E-state index contributed by atoms with van der Waals surface area (Å²) in [5.74, 6) is 0.454. The molecule has 3 aliphatic heterocycles. The van der Waals surface area contributed by atoms with Crippen molar-refractivity contribution in [2.24, 2.45) is 0 Å². The van der Waals surface area contributed by atoms with Crippen LogP contribution in [0.25, 0.3) is 5.76 Å². The van der Waals surface area contributed by atoms with Gasteiger partial charge in [0.1, 0.15) is 35.2 Å². The number of nitrogens with zero attached hydrogens (tertiary/aromatic N) is 2. The number of carbonyl (C=O) groups excluding carboxylic acids is 2. The van der Waals surface area contributed by atoms with Gasteiger partial charge >= 0.3 is 0 Å². The molecule has 0 aliphatic carbocycles. The van der Waals surface area contributed by atoms with Crippen molar-refractivity contribution in [2.75, 3.05) is 39.4 Å². The fourth-order valence-electron chi connectivity index (χ4n) is 5.02. The highest BCUT2D eigenvalue weighted by Gasteiger charge is 2.47. The van der Waals surface area contributed by atoms with Crippen LogP contribution in [0.1, 0.15) is 42.0 Å². The van der Waals surface area contributed by atoms with Crippen LogP contribution >= 0.6 is 0 Å². The molecular formula is C26H30N2O6. The van der Waals surface area contributed by atoms with Gasteiger partial charge in [0.25, 0.3) is 11.7 Å². The molecule has 8 nitrogen and oxygen atoms in total. The van der Waals surface area contributed by atoms with Crippen molar-refractivity contribution in [3.05, 3.63) is 58.6 Å². The molecule has 1 aromatic heterocycles. The fourth-order valence-corrected chi connectivity index (χ4v) is 5.02. The highest BCUT2D eigenvalue weighted by atomic mass is 16.5. The summed E-state index contributed by atoms with van der Waals surface area (Å²) in [6.07, 6.45) is 1.50. The number of aliphatic hydroxyl groups excluding tert-OH is 1. The molecule has 0 radical (unpaired) electrons. The molecule has 5 rings (SSSR count). The smallest absolute Gasteiger partial charge is 0.295 e. The lowest BCUT2D eigenvalue weighted by Crippen LogP contribution is -2.38. The average molecular weight is 467 g/mol. The first kappa shape index (κ1) is 22.7. The molecular weight excluding hydrogens is 436 g/mol. The number of furan rings is 1. The summed E-state index contributed by atoms with van der Waals surface area (Å²) in [6.45, 7) is 8.14. The number of hydrogen-bond donors (Lipinski definition) is 1. The fraction of sp³-hybridized carbons (Fsp3) is 0.462. The molecule has 0 unspecified atom stereocenters. The summed E-state index contributed by atoms with van der Waals surface area (Å²) < 4.78 is 17.0. The van der Waals surface area contributed by atoms with Gasteiger partial charge < -0.3 is 23.9 Å². The number of carbonyl (C=O) groups is 2. The minimum atomic E-state index is -0.762. The van der Waals surface area contributed by atoms with Crippen LogP contribution in [0.3, 0.4) is 0 Å². The Hall–Kier alpha value is -3.10. The summed E-state index contributed by atoms with van der Waals surface area (Å²) in [5, 5.41) is 11.3. The Bertz CT molecular complexity index is 1130. The largest absolute Gasteiger partial charge is 0.507 e. The first-order valence-electron chi connectivity index (χ1n) is 11.9. The molecule has 2 saturated heterocycles. The number of ether oxygens (including phenoxy) is 2. The zero-order valence-corrected chi connectivity index (χ0v) is 19.6. The van der Waals surface area contributed by atoms with E-state index in [0.717, 1.165) is 37.4 Å². The molecule has 8 heteroatoms. The van der Waals surface area contributed by atoms with Crippen molar-refractivity contribution in [3.63, 3.8) is 0 Å². The Labute approximate surface area is 198 Å². The van der Waals surface area contributed by atoms with Crippen molar-refractivity contribution < 1.29 is 28.6 Å². The van der Waals surface area contributed by atoms with Crippen LogP contribution in [0.15, 0.2) is 40.3 Å². The molecule has 2 atom stereocenters. The van der Waals surface area contributed by atoms with Crippen LogP contribution in [0.4, 0.5) is 0 Å². The predicted octanol–water partition coefficient (Wildman–Crippen LogP) is 3.06. The van der Waals surface area contributed by atoms with E-state index in [2.05, 4.69) is 4.90 Å². The zero-order valence-electron chi connectivity index (χ0n) is 19.6. The third-order valence-corrected chi connectivity index (χ3v) is 6.72. The molecule has 180 valence electrons. The van der Waals surface area contributed by atoms with E-state index in [1.807, 2.05) is 19.9 Å². The minimum absolute atomic E-state index is 0.0653. The molecule has 2 aromatic rings. The number of aliphatic hydroxyl groups is 1. The Balaban J connectivity index is 1.46. The normalized spacial score (nSPS) is 24.5. The number of morpholine rings is 1. The number of likely N-dealkylation sites (tertiary alicyclic amines) is 1. The SMILES string of the molecule is Cc1ccc([C@@H]2/C(=C(\O)c3ccc4c(c3)C[C@@H](C)O4)C(=O)C(=O)N2CCCN2CCOCC2)o1. The molecule has 0 saturated carbocycles. The van der Waals surface area contributed by atoms with E-state index in [4.69, 9.17) is 13.9 Å². The van der Waals surface area contributed by atoms with E-state index in [1.165, 1.54) is 4.90 Å². The average Bonchev–Trinajstić information content (AvgIpc) is 3.49. The van der Waals surface area contributed by atoms with Gasteiger partial charge in [0.05, 0.1) is 18.8 Å². The van der Waals surface area contributed by atoms with E-state index >= 15 is 0 Å². The highest BCUT2D eigenvalue weighted by molar-refractivity contribution is 6.46. The van der Waals surface area contributed by atoms with E-state index < -0.39 is 17.7 Å². The number of amides is 1. The molecule has 1 amide bonds. The Morgan fingerprint density at radius 1 is 1.12 bits per heavy atom. The van der Waals surface area contributed by atoms with E-state index in [1.54, 1.807) is 24.3 Å². The van der Waals surface area contributed by atoms with Gasteiger partial charge in [-0.05, 0) is 56.2 Å². The maximum absolute atomic E-state index is 13.2. The number of fused-ring (bicyclic) bond motifs is 1. The van der Waals surface area contributed by atoms with Crippen LogP contribution in [-0.2, 0) is 20.7 Å². The molecule has 2 fully saturated rings. The topological polar surface area (TPSA) is 92.5 Å². The Morgan fingerprint density at radius 3 is 2.65 bits per heavy atom. The molecule has 1 N–H and O–H groups in total. The van der Waals surface area contributed by atoms with Crippen LogP contribution in [0, 0.1) is 6.92 Å². The number of benzene rings is 1. The lowest BCUT2D eigenvalue weighted by Gasteiger charge is -2.28. The second-order valence-corrected chi connectivity index (χ2v) is 9.20. The van der Waals surface area contributed by atoms with E-state index in [-0.39, 0.29) is 17.4 Å². The van der Waals surface area contributed by atoms with E-state index in [0.29, 0.717) is 43.3 Å². The van der Waals surface area contributed by atoms with Crippen molar-refractivity contribution in [1.82, 2.24) is 9.80 Å². The summed E-state index contributed by atoms with van der Waals surface area (Å²) in [5.41, 5.74) is 1.54. The zero-order chi connectivity index (χ0) is 23.8. The maximum Gasteiger partial charge on any atom is 0.295 e. The number of hydrogen-bond acceptors (Lipinski definition) is 7. The van der Waals surface area contributed by atoms with Crippen LogP contribution < -0.4 is 4.74 Å². The number of Topliss-reactive ketones (excluding diaryl/α,β-unsaturated/α-hetero) is 1. The first-order chi connectivity index (χ1) is 16.4. The summed E-state index contributed by atoms with van der Waals surface area (Å²) in [7, 11) is 0. The third-order valence-electron chi connectivity index (χ3n) is 6.72. The Kier molecular flexibility index (Phi) is 6.18. The highest BCUT2D eigenvalue weighted by Crippen LogP contribution is 2.41. The van der Waals surface area contributed by atoms with Gasteiger partial charge in [0, 0.05) is 38.2 Å². The second kappa shape index (κ2) is 9.27. The molecule has 3 aliphatic rings. The molecule has 34 heavy (non-hydrogen) atoms. The Morgan fingerprint density at radius 2 is 1.91 bits per heavy atom. The van der Waals surface area contributed by atoms with Crippen molar-refractivity contribution >= 4 is 17.4 Å². The van der Waals surface area contributed by atoms with Gasteiger partial charge in [-0.25, -0.2) is 0 Å². The summed E-state index contributed by atoms with van der Waals surface area (Å²) in [6, 6.07) is 8.18. The quantitative estimate of drug-likeness (QED) is 0.397. The van der Waals surface area contributed by atoms with E-state index in [9.17, 15) is 14.7 Å². The molecule has 1 aromatic carbocycles. The maximum atomic E-state index is 13.2. The van der Waals surface area contributed by atoms with Gasteiger partial charge in [0.15, 0.2) is 0 Å². The lowest BCUT2D eigenvalue weighted by atomic mass is 9.97. The number of ketones is 1. The number of aryl methyl sites for hydroxylation is 1. The monoisotopic (exact) mass is 466 g/mol. The molecule has 4 heterocycles. The van der Waals surface area contributed by atoms with Gasteiger partial charge in [-0.2, -0.15) is 0 Å². The summed E-state index contributed by atoms with van der Waals surface area (Å²) in [4.78, 5) is 30.1. The van der Waals surface area contributed by atoms with Crippen LogP contribution in [0.2, 0.25) is 0 Å². The molecule has 0 spiro atoms. The minimum Gasteiger partial charge on any atom is -0.507 e. The lowest BCUT2D eigenvalue weighted by molar-refractivity contribution is -0.140. The van der Waals surface area contributed by atoms with Crippen LogP contribution in [-0.4, -0.2) is 72.1 Å². The predicted molar refractivity (Wildman–Crippen MR) is 125 cm³/mol. The second-order valence-electron chi connectivity index (χ2n) is 9.20. The molecule has 0 bridgehead atoms. The standard InChI is InChI=1S/C26H30N2O6/c1-16-4-6-21(33-16)23-22(24(29)18-5-7-20-19(15-18)14-17(2)34-20)25(30)26(31)28(23)9-3-8-27-10-12-32-13-11-27/h4-7,15,17,23,29H,3,8-14H2,1-2H3/b24-22+/t17-,23-/m1/s1. The van der Waals surface area contributed by atoms with Crippen LogP contribution in [0.5, 0.6) is 5.75 Å².